The van der Waals surface area contributed by atoms with Crippen molar-refractivity contribution in [3.63, 3.8) is 0 Å². The van der Waals surface area contributed by atoms with Crippen molar-refractivity contribution in [2.45, 2.75) is 56.3 Å². The number of hydrogen-bond acceptors (Lipinski definition) is 7. The molecule has 4 rings (SSSR count). The quantitative estimate of drug-likeness (QED) is 0.184. The molecule has 1 heterocycles. The van der Waals surface area contributed by atoms with Crippen molar-refractivity contribution in [2.24, 2.45) is 5.73 Å². The van der Waals surface area contributed by atoms with Gasteiger partial charge in [-0.1, -0.05) is 54.6 Å². The van der Waals surface area contributed by atoms with E-state index in [1.807, 2.05) is 30.3 Å². The Labute approximate surface area is 249 Å². The van der Waals surface area contributed by atoms with Crippen LogP contribution in [-0.2, 0) is 38.4 Å². The first kappa shape index (κ1) is 31.0. The molecule has 226 valence electrons. The zero-order valence-corrected chi connectivity index (χ0v) is 23.6. The monoisotopic (exact) mass is 588 g/mol. The maximum Gasteiger partial charge on any atom is 0.326 e. The molecule has 1 aliphatic heterocycles. The standard InChI is InChI=1S/C32H36N4O7/c33-25(17-20-5-2-1-3-6-20)29(39)34-26(18-21-8-12-23(37)13-9-21)30(40)35-27(19-22-10-14-24(38)15-11-22)31(41)36-16-4-7-28(36)32(42)43/h1-3,5-6,8-15,25-28,37-38H,4,7,16-19,33H2,(H,34,39)(H,35,40)(H,42,43). The Kier molecular flexibility index (Phi) is 10.3. The van der Waals surface area contributed by atoms with Gasteiger partial charge in [-0.25, -0.2) is 4.79 Å². The first-order valence-electron chi connectivity index (χ1n) is 14.1. The number of amides is 3. The van der Waals surface area contributed by atoms with Crippen molar-refractivity contribution >= 4 is 23.7 Å². The van der Waals surface area contributed by atoms with E-state index in [-0.39, 0.29) is 37.3 Å². The topological polar surface area (TPSA) is 182 Å². The predicted octanol–water partition coefficient (Wildman–Crippen LogP) is 1.50. The molecule has 1 aliphatic rings. The molecule has 11 nitrogen and oxygen atoms in total. The average molecular weight is 589 g/mol. The number of carboxylic acids is 1. The number of carboxylic acid groups (broad SMARTS) is 1. The number of likely N-dealkylation sites (tertiary alicyclic amines) is 1. The normalized spacial score (nSPS) is 16.6. The highest BCUT2D eigenvalue weighted by atomic mass is 16.4. The largest absolute Gasteiger partial charge is 0.508 e. The van der Waals surface area contributed by atoms with Crippen LogP contribution in [0.5, 0.6) is 11.5 Å². The van der Waals surface area contributed by atoms with E-state index in [9.17, 15) is 34.5 Å². The summed E-state index contributed by atoms with van der Waals surface area (Å²) in [4.78, 5) is 53.7. The number of aromatic hydroxyl groups is 2. The van der Waals surface area contributed by atoms with Gasteiger partial charge in [-0.3, -0.25) is 14.4 Å². The molecule has 4 unspecified atom stereocenters. The minimum absolute atomic E-state index is 0.0289. The van der Waals surface area contributed by atoms with E-state index in [4.69, 9.17) is 5.73 Å². The molecule has 43 heavy (non-hydrogen) atoms. The Bertz CT molecular complexity index is 1410. The van der Waals surface area contributed by atoms with Gasteiger partial charge >= 0.3 is 5.97 Å². The summed E-state index contributed by atoms with van der Waals surface area (Å²) in [6.07, 6.45) is 1.13. The van der Waals surface area contributed by atoms with E-state index >= 15 is 0 Å². The molecule has 0 aliphatic carbocycles. The van der Waals surface area contributed by atoms with Crippen molar-refractivity contribution in [3.05, 3.63) is 95.6 Å². The first-order valence-corrected chi connectivity index (χ1v) is 14.1. The molecule has 4 atom stereocenters. The zero-order valence-electron chi connectivity index (χ0n) is 23.6. The van der Waals surface area contributed by atoms with Gasteiger partial charge in [0.15, 0.2) is 0 Å². The van der Waals surface area contributed by atoms with E-state index in [1.54, 1.807) is 24.3 Å². The fraction of sp³-hybridized carbons (Fsp3) is 0.312. The molecule has 0 spiro atoms. The Balaban J connectivity index is 1.57. The van der Waals surface area contributed by atoms with Crippen molar-refractivity contribution in [1.82, 2.24) is 15.5 Å². The van der Waals surface area contributed by atoms with Crippen LogP contribution in [-0.4, -0.2) is 74.6 Å². The van der Waals surface area contributed by atoms with Gasteiger partial charge in [0.1, 0.15) is 29.6 Å². The second kappa shape index (κ2) is 14.3. The fourth-order valence-corrected chi connectivity index (χ4v) is 5.14. The molecule has 3 aromatic carbocycles. The lowest BCUT2D eigenvalue weighted by atomic mass is 10.0. The third-order valence-corrected chi connectivity index (χ3v) is 7.46. The van der Waals surface area contributed by atoms with Crippen molar-refractivity contribution in [2.75, 3.05) is 6.54 Å². The second-order valence-corrected chi connectivity index (χ2v) is 10.7. The smallest absolute Gasteiger partial charge is 0.326 e. The number of rotatable bonds is 12. The number of phenolic OH excluding ortho intramolecular Hbond substituents is 2. The van der Waals surface area contributed by atoms with Crippen LogP contribution in [0.15, 0.2) is 78.9 Å². The summed E-state index contributed by atoms with van der Waals surface area (Å²) in [6, 6.07) is 17.3. The second-order valence-electron chi connectivity index (χ2n) is 10.7. The minimum atomic E-state index is -1.14. The maximum atomic E-state index is 13.8. The van der Waals surface area contributed by atoms with Crippen LogP contribution in [0.4, 0.5) is 0 Å². The number of nitrogens with zero attached hydrogens (tertiary/aromatic N) is 1. The summed E-state index contributed by atoms with van der Waals surface area (Å²) in [5, 5.41) is 34.5. The molecule has 7 N–H and O–H groups in total. The van der Waals surface area contributed by atoms with E-state index in [2.05, 4.69) is 10.6 Å². The molecule has 1 fully saturated rings. The Morgan fingerprint density at radius 2 is 1.26 bits per heavy atom. The molecule has 0 aromatic heterocycles. The molecule has 0 radical (unpaired) electrons. The molecule has 0 saturated carbocycles. The zero-order chi connectivity index (χ0) is 30.9. The van der Waals surface area contributed by atoms with Crippen LogP contribution in [0.2, 0.25) is 0 Å². The van der Waals surface area contributed by atoms with Crippen LogP contribution in [0.3, 0.4) is 0 Å². The number of benzene rings is 3. The van der Waals surface area contributed by atoms with Crippen LogP contribution < -0.4 is 16.4 Å². The van der Waals surface area contributed by atoms with Gasteiger partial charge in [0, 0.05) is 19.4 Å². The molecular weight excluding hydrogens is 552 g/mol. The van der Waals surface area contributed by atoms with Gasteiger partial charge in [-0.2, -0.15) is 0 Å². The summed E-state index contributed by atoms with van der Waals surface area (Å²) in [7, 11) is 0. The van der Waals surface area contributed by atoms with E-state index in [0.29, 0.717) is 24.0 Å². The van der Waals surface area contributed by atoms with Crippen LogP contribution in [0.25, 0.3) is 0 Å². The summed E-state index contributed by atoms with van der Waals surface area (Å²) >= 11 is 0. The molecule has 0 bridgehead atoms. The number of aliphatic carboxylic acids is 1. The fourth-order valence-electron chi connectivity index (χ4n) is 5.14. The third-order valence-electron chi connectivity index (χ3n) is 7.46. The number of phenols is 2. The van der Waals surface area contributed by atoms with Gasteiger partial charge in [0.2, 0.25) is 17.7 Å². The number of nitrogens with two attached hydrogens (primary N) is 1. The highest BCUT2D eigenvalue weighted by Gasteiger charge is 2.38. The Hall–Kier alpha value is -4.90. The lowest BCUT2D eigenvalue weighted by molar-refractivity contribution is -0.149. The number of carbonyl (C=O) groups is 4. The lowest BCUT2D eigenvalue weighted by Gasteiger charge is -2.29. The van der Waals surface area contributed by atoms with Crippen molar-refractivity contribution in [1.29, 1.82) is 0 Å². The summed E-state index contributed by atoms with van der Waals surface area (Å²) in [5.74, 6) is -2.82. The number of nitrogens with one attached hydrogen (secondary N) is 2. The molecule has 3 amide bonds. The average Bonchev–Trinajstić information content (AvgIpc) is 3.49. The Morgan fingerprint density at radius 3 is 1.81 bits per heavy atom. The highest BCUT2D eigenvalue weighted by Crippen LogP contribution is 2.21. The van der Waals surface area contributed by atoms with Gasteiger partial charge in [-0.15, -0.1) is 0 Å². The van der Waals surface area contributed by atoms with Gasteiger partial charge in [-0.05, 0) is 60.2 Å². The SMILES string of the molecule is NC(Cc1ccccc1)C(=O)NC(Cc1ccc(O)cc1)C(=O)NC(Cc1ccc(O)cc1)C(=O)N1CCCC1C(=O)O. The highest BCUT2D eigenvalue weighted by molar-refractivity contribution is 5.94. The summed E-state index contributed by atoms with van der Waals surface area (Å²) in [6.45, 7) is 0.236. The van der Waals surface area contributed by atoms with Crippen molar-refractivity contribution < 1.29 is 34.5 Å². The van der Waals surface area contributed by atoms with Gasteiger partial charge < -0.3 is 36.6 Å². The van der Waals surface area contributed by atoms with Gasteiger partial charge in [0.25, 0.3) is 0 Å². The molecule has 11 heteroatoms. The minimum Gasteiger partial charge on any atom is -0.508 e. The van der Waals surface area contributed by atoms with Crippen LogP contribution in [0.1, 0.15) is 29.5 Å². The van der Waals surface area contributed by atoms with E-state index < -0.39 is 47.9 Å². The van der Waals surface area contributed by atoms with Crippen LogP contribution in [0, 0.1) is 0 Å². The molecule has 1 saturated heterocycles. The van der Waals surface area contributed by atoms with Crippen LogP contribution >= 0.6 is 0 Å². The van der Waals surface area contributed by atoms with E-state index in [1.165, 1.54) is 29.2 Å². The molecule has 3 aromatic rings. The maximum absolute atomic E-state index is 13.8. The van der Waals surface area contributed by atoms with Gasteiger partial charge in [0.05, 0.1) is 6.04 Å². The summed E-state index contributed by atoms with van der Waals surface area (Å²) < 4.78 is 0. The molecular formula is C32H36N4O7. The first-order chi connectivity index (χ1) is 20.6. The predicted molar refractivity (Wildman–Crippen MR) is 158 cm³/mol. The third kappa shape index (κ3) is 8.55. The number of carbonyl (C=O) groups excluding carboxylic acids is 3. The van der Waals surface area contributed by atoms with Crippen molar-refractivity contribution in [3.8, 4) is 11.5 Å². The van der Waals surface area contributed by atoms with E-state index in [0.717, 1.165) is 5.56 Å². The summed E-state index contributed by atoms with van der Waals surface area (Å²) in [5.41, 5.74) is 8.31. The Morgan fingerprint density at radius 1 is 0.744 bits per heavy atom. The number of hydrogen-bond donors (Lipinski definition) is 6. The lowest BCUT2D eigenvalue weighted by Crippen LogP contribution is -2.58.